The summed E-state index contributed by atoms with van der Waals surface area (Å²) in [5.41, 5.74) is 12.1. The van der Waals surface area contributed by atoms with Gasteiger partial charge in [0.15, 0.2) is 5.58 Å². The van der Waals surface area contributed by atoms with Gasteiger partial charge < -0.3 is 9.32 Å². The molecule has 0 aliphatic carbocycles. The molecule has 11 rings (SSSR count). The van der Waals surface area contributed by atoms with Crippen molar-refractivity contribution in [2.24, 2.45) is 0 Å². The maximum Gasteiger partial charge on any atom is 0.159 e. The van der Waals surface area contributed by atoms with Crippen LogP contribution in [0.4, 0.5) is 17.1 Å². The first kappa shape index (κ1) is 31.6. The van der Waals surface area contributed by atoms with Gasteiger partial charge in [-0.25, -0.2) is 0 Å². The summed E-state index contributed by atoms with van der Waals surface area (Å²) in [6.07, 6.45) is 0. The highest BCUT2D eigenvalue weighted by Gasteiger charge is 2.25. The summed E-state index contributed by atoms with van der Waals surface area (Å²) < 4.78 is 9.26. The molecule has 2 aromatic heterocycles. The molecular formula is C52H33NOS. The Morgan fingerprint density at radius 3 is 1.85 bits per heavy atom. The first-order chi connectivity index (χ1) is 27.3. The first-order valence-corrected chi connectivity index (χ1v) is 19.5. The van der Waals surface area contributed by atoms with Gasteiger partial charge in [0.05, 0.1) is 16.1 Å². The molecule has 2 heterocycles. The zero-order chi connectivity index (χ0) is 36.3. The van der Waals surface area contributed by atoms with Gasteiger partial charge in [0, 0.05) is 37.5 Å². The van der Waals surface area contributed by atoms with Crippen LogP contribution in [0, 0.1) is 0 Å². The van der Waals surface area contributed by atoms with Crippen molar-refractivity contribution in [3.05, 3.63) is 200 Å². The average Bonchev–Trinajstić information content (AvgIpc) is 3.84. The Hall–Kier alpha value is -6.94. The van der Waals surface area contributed by atoms with Crippen molar-refractivity contribution in [1.82, 2.24) is 0 Å². The number of benzene rings is 9. The van der Waals surface area contributed by atoms with E-state index in [2.05, 4.69) is 199 Å². The quantitative estimate of drug-likeness (QED) is 0.170. The number of rotatable bonds is 6. The van der Waals surface area contributed by atoms with Gasteiger partial charge in [-0.15, -0.1) is 11.3 Å². The minimum atomic E-state index is 0.870. The molecule has 0 bridgehead atoms. The molecule has 0 amide bonds. The second-order valence-electron chi connectivity index (χ2n) is 14.1. The van der Waals surface area contributed by atoms with Crippen molar-refractivity contribution < 1.29 is 4.42 Å². The molecule has 0 fully saturated rings. The van der Waals surface area contributed by atoms with Crippen LogP contribution in [-0.2, 0) is 0 Å². The Morgan fingerprint density at radius 2 is 1.04 bits per heavy atom. The number of fused-ring (bicyclic) bond motifs is 7. The molecule has 0 unspecified atom stereocenters. The Bertz CT molecular complexity index is 3190. The molecule has 9 aromatic carbocycles. The summed E-state index contributed by atoms with van der Waals surface area (Å²) in [5.74, 6) is 0. The highest BCUT2D eigenvalue weighted by molar-refractivity contribution is 7.26. The third kappa shape index (κ3) is 5.32. The largest absolute Gasteiger partial charge is 0.454 e. The number of para-hydroxylation sites is 2. The van der Waals surface area contributed by atoms with Gasteiger partial charge in [-0.05, 0) is 75.0 Å². The Morgan fingerprint density at radius 1 is 0.400 bits per heavy atom. The maximum atomic E-state index is 6.75. The van der Waals surface area contributed by atoms with Gasteiger partial charge in [-0.1, -0.05) is 164 Å². The molecule has 3 heteroatoms. The van der Waals surface area contributed by atoms with Crippen molar-refractivity contribution in [2.45, 2.75) is 0 Å². The van der Waals surface area contributed by atoms with Crippen molar-refractivity contribution in [2.75, 3.05) is 4.90 Å². The summed E-state index contributed by atoms with van der Waals surface area (Å²) >= 11 is 1.85. The van der Waals surface area contributed by atoms with E-state index in [0.717, 1.165) is 39.0 Å². The van der Waals surface area contributed by atoms with E-state index < -0.39 is 0 Å². The lowest BCUT2D eigenvalue weighted by Gasteiger charge is -2.29. The molecule has 0 aliphatic rings. The Labute approximate surface area is 322 Å². The fraction of sp³-hybridized carbons (Fsp3) is 0. The third-order valence-electron chi connectivity index (χ3n) is 10.9. The minimum Gasteiger partial charge on any atom is -0.454 e. The smallest absolute Gasteiger partial charge is 0.159 e. The SMILES string of the molecule is c1ccc(-c2ccc3c(sc4ccccc43)c2N(c2ccc(-c3ccc(-c4ccc5ccccc5c4)cc3)cc2)c2cccc3c2oc2ccccc23)cc1. The van der Waals surface area contributed by atoms with Gasteiger partial charge in [0.1, 0.15) is 5.58 Å². The zero-order valence-corrected chi connectivity index (χ0v) is 30.6. The summed E-state index contributed by atoms with van der Waals surface area (Å²) in [6.45, 7) is 0. The second kappa shape index (κ2) is 12.9. The lowest BCUT2D eigenvalue weighted by Crippen LogP contribution is -2.12. The summed E-state index contributed by atoms with van der Waals surface area (Å²) in [6, 6.07) is 72.1. The number of thiophene rings is 1. The molecule has 0 radical (unpaired) electrons. The van der Waals surface area contributed by atoms with Crippen molar-refractivity contribution in [3.8, 4) is 33.4 Å². The summed E-state index contributed by atoms with van der Waals surface area (Å²) in [5, 5.41) is 7.25. The van der Waals surface area contributed by atoms with E-state index >= 15 is 0 Å². The molecular weight excluding hydrogens is 687 g/mol. The number of nitrogens with zero attached hydrogens (tertiary/aromatic N) is 1. The van der Waals surface area contributed by atoms with E-state index in [0.29, 0.717) is 0 Å². The van der Waals surface area contributed by atoms with Crippen LogP contribution in [0.5, 0.6) is 0 Å². The lowest BCUT2D eigenvalue weighted by atomic mass is 9.97. The predicted molar refractivity (Wildman–Crippen MR) is 235 cm³/mol. The van der Waals surface area contributed by atoms with Crippen molar-refractivity contribution in [1.29, 1.82) is 0 Å². The van der Waals surface area contributed by atoms with E-state index in [1.807, 2.05) is 17.4 Å². The van der Waals surface area contributed by atoms with Crippen LogP contribution >= 0.6 is 11.3 Å². The van der Waals surface area contributed by atoms with Crippen molar-refractivity contribution >= 4 is 81.3 Å². The molecule has 2 nitrogen and oxygen atoms in total. The molecule has 55 heavy (non-hydrogen) atoms. The van der Waals surface area contributed by atoms with E-state index in [-0.39, 0.29) is 0 Å². The highest BCUT2D eigenvalue weighted by Crippen LogP contribution is 2.51. The topological polar surface area (TPSA) is 16.4 Å². The van der Waals surface area contributed by atoms with E-state index in [1.165, 1.54) is 64.3 Å². The molecule has 0 saturated heterocycles. The summed E-state index contributed by atoms with van der Waals surface area (Å²) in [4.78, 5) is 2.43. The molecule has 0 aliphatic heterocycles. The maximum absolute atomic E-state index is 6.75. The molecule has 258 valence electrons. The third-order valence-corrected chi connectivity index (χ3v) is 12.1. The predicted octanol–water partition coefficient (Wildman–Crippen LogP) is 15.6. The van der Waals surface area contributed by atoms with Crippen LogP contribution in [0.2, 0.25) is 0 Å². The first-order valence-electron chi connectivity index (χ1n) is 18.7. The molecule has 0 N–H and O–H groups in total. The molecule has 11 aromatic rings. The van der Waals surface area contributed by atoms with Gasteiger partial charge in [0.2, 0.25) is 0 Å². The van der Waals surface area contributed by atoms with Crippen LogP contribution in [-0.4, -0.2) is 0 Å². The lowest BCUT2D eigenvalue weighted by molar-refractivity contribution is 0.669. The van der Waals surface area contributed by atoms with Gasteiger partial charge in [0.25, 0.3) is 0 Å². The van der Waals surface area contributed by atoms with Gasteiger partial charge in [-0.3, -0.25) is 0 Å². The Balaban J connectivity index is 1.10. The van der Waals surface area contributed by atoms with Crippen LogP contribution in [0.1, 0.15) is 0 Å². The minimum absolute atomic E-state index is 0.870. The van der Waals surface area contributed by atoms with Crippen LogP contribution in [0.15, 0.2) is 205 Å². The number of furan rings is 1. The van der Waals surface area contributed by atoms with E-state index in [9.17, 15) is 0 Å². The van der Waals surface area contributed by atoms with E-state index in [1.54, 1.807) is 0 Å². The fourth-order valence-electron chi connectivity index (χ4n) is 8.17. The van der Waals surface area contributed by atoms with Crippen LogP contribution < -0.4 is 4.90 Å². The normalized spacial score (nSPS) is 11.6. The van der Waals surface area contributed by atoms with Gasteiger partial charge in [-0.2, -0.15) is 0 Å². The number of hydrogen-bond donors (Lipinski definition) is 0. The molecule has 0 atom stereocenters. The second-order valence-corrected chi connectivity index (χ2v) is 15.1. The number of hydrogen-bond acceptors (Lipinski definition) is 3. The standard InChI is InChI=1S/C52H33NOS/c1-2-12-38(13-3-1)42-31-32-46-44-16-7-9-20-49(44)55-52(46)50(42)53(47-18-10-17-45-43-15-6-8-19-48(43)54-51(45)47)41-29-27-36(28-30-41)35-21-23-37(24-22-35)40-26-25-34-11-4-5-14-39(34)33-40/h1-33H. The average molecular weight is 720 g/mol. The fourth-order valence-corrected chi connectivity index (χ4v) is 9.41. The van der Waals surface area contributed by atoms with Crippen LogP contribution in [0.25, 0.3) is 86.3 Å². The number of anilines is 3. The molecule has 0 saturated carbocycles. The van der Waals surface area contributed by atoms with Gasteiger partial charge >= 0.3 is 0 Å². The highest BCUT2D eigenvalue weighted by atomic mass is 32.1. The van der Waals surface area contributed by atoms with Crippen molar-refractivity contribution in [3.63, 3.8) is 0 Å². The molecule has 0 spiro atoms. The van der Waals surface area contributed by atoms with E-state index in [4.69, 9.17) is 4.42 Å². The zero-order valence-electron chi connectivity index (χ0n) is 29.8. The monoisotopic (exact) mass is 719 g/mol. The summed E-state index contributed by atoms with van der Waals surface area (Å²) in [7, 11) is 0. The Kier molecular flexibility index (Phi) is 7.39. The van der Waals surface area contributed by atoms with Crippen LogP contribution in [0.3, 0.4) is 0 Å².